The number of imidazole rings is 1. The number of nitrogens with two attached hydrogens (primary N) is 1. The standard InChI is InChI=1S/C23H27F6N5O3/c1-11-2-4-12(5-3-11)18(30)16-10-34-17(32-16)6-14(23(27,28)29)15(33-34)8-21(20(36)37)7-13(22(24,25)26)9-31-19(21)35/h6,10-13,18H,2-5,7-9,30H2,1H3,(H,31,35)(H,36,37)/t11?,12?,13-,18+,21?/m1/s1. The highest BCUT2D eigenvalue weighted by Crippen LogP contribution is 2.43. The molecule has 204 valence electrons. The fourth-order valence-electron chi connectivity index (χ4n) is 5.30. The largest absolute Gasteiger partial charge is 0.480 e. The van der Waals surface area contributed by atoms with Crippen molar-refractivity contribution in [2.24, 2.45) is 28.9 Å². The van der Waals surface area contributed by atoms with Gasteiger partial charge in [0.25, 0.3) is 0 Å². The molecular weight excluding hydrogens is 508 g/mol. The van der Waals surface area contributed by atoms with Crippen molar-refractivity contribution in [2.75, 3.05) is 6.54 Å². The fourth-order valence-corrected chi connectivity index (χ4v) is 5.30. The third kappa shape index (κ3) is 5.25. The number of amides is 1. The molecule has 0 bridgehead atoms. The van der Waals surface area contributed by atoms with E-state index in [-0.39, 0.29) is 11.6 Å². The Hall–Kier alpha value is -2.90. The Morgan fingerprint density at radius 1 is 1.24 bits per heavy atom. The zero-order valence-electron chi connectivity index (χ0n) is 19.9. The van der Waals surface area contributed by atoms with E-state index in [1.807, 2.05) is 5.32 Å². The number of rotatable bonds is 5. The van der Waals surface area contributed by atoms with Gasteiger partial charge in [0, 0.05) is 13.0 Å². The van der Waals surface area contributed by atoms with Crippen LogP contribution in [0.3, 0.4) is 0 Å². The predicted octanol–water partition coefficient (Wildman–Crippen LogP) is 3.89. The van der Waals surface area contributed by atoms with Crippen molar-refractivity contribution in [2.45, 2.75) is 63.8 Å². The monoisotopic (exact) mass is 535 g/mol. The van der Waals surface area contributed by atoms with Gasteiger partial charge in [-0.15, -0.1) is 0 Å². The van der Waals surface area contributed by atoms with Crippen LogP contribution in [0.2, 0.25) is 0 Å². The SMILES string of the molecule is CC1CCC([C@H](N)c2cn3nc(CC4(C(=O)O)C[C@@H](C(F)(F)F)CNC4=O)c(C(F)(F)F)cc3n2)CC1. The van der Waals surface area contributed by atoms with Crippen LogP contribution in [-0.4, -0.2) is 44.3 Å². The maximum absolute atomic E-state index is 14.0. The van der Waals surface area contributed by atoms with E-state index in [9.17, 15) is 41.0 Å². The van der Waals surface area contributed by atoms with Crippen molar-refractivity contribution in [1.29, 1.82) is 0 Å². The second kappa shape index (κ2) is 9.44. The lowest BCUT2D eigenvalue weighted by Crippen LogP contribution is -2.57. The van der Waals surface area contributed by atoms with Crippen LogP contribution < -0.4 is 11.1 Å². The number of carbonyl (C=O) groups is 2. The lowest BCUT2D eigenvalue weighted by molar-refractivity contribution is -0.194. The number of piperidine rings is 1. The molecule has 3 heterocycles. The highest BCUT2D eigenvalue weighted by atomic mass is 19.4. The van der Waals surface area contributed by atoms with Gasteiger partial charge in [0.1, 0.15) is 0 Å². The first-order valence-corrected chi connectivity index (χ1v) is 11.9. The van der Waals surface area contributed by atoms with E-state index >= 15 is 0 Å². The van der Waals surface area contributed by atoms with E-state index in [1.54, 1.807) is 0 Å². The first-order chi connectivity index (χ1) is 17.1. The molecule has 2 aromatic rings. The number of alkyl halides is 6. The van der Waals surface area contributed by atoms with Crippen LogP contribution in [0.15, 0.2) is 12.3 Å². The Morgan fingerprint density at radius 2 is 1.89 bits per heavy atom. The first kappa shape index (κ1) is 27.1. The van der Waals surface area contributed by atoms with E-state index in [4.69, 9.17) is 5.73 Å². The number of carbonyl (C=O) groups excluding carboxylic acids is 1. The molecule has 4 rings (SSSR count). The number of carboxylic acid groups (broad SMARTS) is 1. The van der Waals surface area contributed by atoms with Crippen LogP contribution >= 0.6 is 0 Å². The Labute approximate surface area is 207 Å². The highest BCUT2D eigenvalue weighted by molar-refractivity contribution is 6.02. The van der Waals surface area contributed by atoms with Crippen molar-refractivity contribution in [3.8, 4) is 0 Å². The maximum atomic E-state index is 14.0. The van der Waals surface area contributed by atoms with Crippen molar-refractivity contribution in [1.82, 2.24) is 19.9 Å². The minimum absolute atomic E-state index is 0.0724. The van der Waals surface area contributed by atoms with Gasteiger partial charge in [0.15, 0.2) is 11.1 Å². The minimum atomic E-state index is -5.04. The molecule has 1 saturated heterocycles. The molecular formula is C23H27F6N5O3. The van der Waals surface area contributed by atoms with Crippen LogP contribution in [-0.2, 0) is 22.2 Å². The summed E-state index contributed by atoms with van der Waals surface area (Å²) in [5, 5.41) is 15.6. The molecule has 1 amide bonds. The molecule has 0 aromatic carbocycles. The number of carboxylic acids is 1. The van der Waals surface area contributed by atoms with E-state index in [0.717, 1.165) is 30.2 Å². The Morgan fingerprint density at radius 3 is 2.46 bits per heavy atom. The molecule has 1 unspecified atom stereocenters. The third-order valence-electron chi connectivity index (χ3n) is 7.64. The summed E-state index contributed by atoms with van der Waals surface area (Å²) in [6, 6.07) is 0.0907. The molecule has 3 atom stereocenters. The summed E-state index contributed by atoms with van der Waals surface area (Å²) in [5.41, 5.74) is 1.43. The van der Waals surface area contributed by atoms with Gasteiger partial charge in [-0.3, -0.25) is 9.59 Å². The summed E-state index contributed by atoms with van der Waals surface area (Å²) >= 11 is 0. The van der Waals surface area contributed by atoms with Gasteiger partial charge in [-0.2, -0.15) is 31.4 Å². The summed E-state index contributed by atoms with van der Waals surface area (Å²) in [4.78, 5) is 28.9. The van der Waals surface area contributed by atoms with Crippen molar-refractivity contribution < 1.29 is 41.0 Å². The molecule has 2 fully saturated rings. The molecule has 2 aromatic heterocycles. The quantitative estimate of drug-likeness (QED) is 0.395. The van der Waals surface area contributed by atoms with Crippen LogP contribution in [0.5, 0.6) is 0 Å². The highest BCUT2D eigenvalue weighted by Gasteiger charge is 2.57. The molecule has 4 N–H and O–H groups in total. The van der Waals surface area contributed by atoms with Crippen molar-refractivity contribution in [3.63, 3.8) is 0 Å². The van der Waals surface area contributed by atoms with Gasteiger partial charge in [-0.05, 0) is 37.2 Å². The van der Waals surface area contributed by atoms with Gasteiger partial charge in [0.05, 0.1) is 35.1 Å². The lowest BCUT2D eigenvalue weighted by atomic mass is 9.71. The van der Waals surface area contributed by atoms with Crippen LogP contribution in [0.1, 0.15) is 62.0 Å². The number of aliphatic carboxylic acids is 1. The fraction of sp³-hybridized carbons (Fsp3) is 0.652. The first-order valence-electron chi connectivity index (χ1n) is 11.9. The van der Waals surface area contributed by atoms with Crippen molar-refractivity contribution >= 4 is 17.5 Å². The zero-order valence-corrected chi connectivity index (χ0v) is 19.9. The second-order valence-corrected chi connectivity index (χ2v) is 10.2. The van der Waals surface area contributed by atoms with Crippen LogP contribution in [0.25, 0.3) is 5.65 Å². The van der Waals surface area contributed by atoms with E-state index in [2.05, 4.69) is 17.0 Å². The predicted molar refractivity (Wildman–Crippen MR) is 117 cm³/mol. The van der Waals surface area contributed by atoms with Gasteiger partial charge in [-0.25, -0.2) is 9.50 Å². The number of aromatic nitrogens is 3. The van der Waals surface area contributed by atoms with Gasteiger partial charge in [0.2, 0.25) is 5.91 Å². The second-order valence-electron chi connectivity index (χ2n) is 10.2. The molecule has 37 heavy (non-hydrogen) atoms. The molecule has 0 spiro atoms. The summed E-state index contributed by atoms with van der Waals surface area (Å²) in [6.45, 7) is 1.27. The minimum Gasteiger partial charge on any atom is -0.480 e. The average Bonchev–Trinajstić information content (AvgIpc) is 3.21. The normalized spacial score (nSPS) is 28.2. The smallest absolute Gasteiger partial charge is 0.418 e. The molecule has 2 aliphatic rings. The van der Waals surface area contributed by atoms with Gasteiger partial charge < -0.3 is 16.2 Å². The van der Waals surface area contributed by atoms with E-state index in [1.165, 1.54) is 6.20 Å². The summed E-state index contributed by atoms with van der Waals surface area (Å²) in [6.07, 6.45) is -7.36. The number of fused-ring (bicyclic) bond motifs is 1. The third-order valence-corrected chi connectivity index (χ3v) is 7.64. The number of nitrogens with one attached hydrogen (secondary N) is 1. The molecule has 1 aliphatic carbocycles. The van der Waals surface area contributed by atoms with Crippen LogP contribution in [0.4, 0.5) is 26.3 Å². The molecule has 1 saturated carbocycles. The number of nitrogens with zero attached hydrogens (tertiary/aromatic N) is 3. The Kier molecular flexibility index (Phi) is 6.93. The van der Waals surface area contributed by atoms with Gasteiger partial charge >= 0.3 is 18.3 Å². The van der Waals surface area contributed by atoms with E-state index < -0.39 is 72.2 Å². The van der Waals surface area contributed by atoms with Gasteiger partial charge in [-0.1, -0.05) is 19.8 Å². The summed E-state index contributed by atoms with van der Waals surface area (Å²) in [7, 11) is 0. The molecule has 14 heteroatoms. The number of halogens is 6. The molecule has 0 radical (unpaired) electrons. The summed E-state index contributed by atoms with van der Waals surface area (Å²) in [5.74, 6) is -4.87. The topological polar surface area (TPSA) is 123 Å². The Bertz CT molecular complexity index is 1190. The lowest BCUT2D eigenvalue weighted by Gasteiger charge is -2.37. The summed E-state index contributed by atoms with van der Waals surface area (Å²) < 4.78 is 83.1. The molecule has 8 nitrogen and oxygen atoms in total. The zero-order chi connectivity index (χ0) is 27.3. The number of hydrogen-bond donors (Lipinski definition) is 3. The van der Waals surface area contributed by atoms with Crippen molar-refractivity contribution in [3.05, 3.63) is 29.2 Å². The average molecular weight is 535 g/mol. The van der Waals surface area contributed by atoms with E-state index in [0.29, 0.717) is 17.7 Å². The van der Waals surface area contributed by atoms with Crippen LogP contribution in [0, 0.1) is 23.2 Å². The molecule has 1 aliphatic heterocycles. The maximum Gasteiger partial charge on any atom is 0.418 e. The number of hydrogen-bond acceptors (Lipinski definition) is 5. The Balaban J connectivity index is 1.75.